The largest absolute Gasteiger partial charge is 0.481 e. The van der Waals surface area contributed by atoms with E-state index in [1.54, 1.807) is 6.07 Å². The monoisotopic (exact) mass is 273 g/mol. The number of carboxylic acids is 1. The van der Waals surface area contributed by atoms with E-state index in [1.165, 1.54) is 30.6 Å². The van der Waals surface area contributed by atoms with E-state index in [4.69, 9.17) is 11.6 Å². The molecule has 1 unspecified atom stereocenters. The fourth-order valence-electron chi connectivity index (χ4n) is 2.21. The number of carbonyl (C=O) groups is 1. The second-order valence-corrected chi connectivity index (χ2v) is 6.14. The van der Waals surface area contributed by atoms with Crippen LogP contribution in [-0.4, -0.2) is 35.6 Å². The molecule has 0 radical (unpaired) electrons. The summed E-state index contributed by atoms with van der Waals surface area (Å²) in [5, 5.41) is 9.30. The fourth-order valence-corrected chi connectivity index (χ4v) is 3.35. The summed E-state index contributed by atoms with van der Waals surface area (Å²) in [6.07, 6.45) is 3.62. The fraction of sp³-hybridized carbons (Fsp3) is 0.583. The van der Waals surface area contributed by atoms with E-state index < -0.39 is 11.9 Å². The molecule has 1 aliphatic rings. The molecule has 94 valence electrons. The number of hydrogen-bond donors (Lipinski definition) is 1. The molecule has 1 N–H and O–H groups in total. The highest BCUT2D eigenvalue weighted by molar-refractivity contribution is 7.16. The molecule has 2 rings (SSSR count). The van der Waals surface area contributed by atoms with E-state index in [0.717, 1.165) is 18.0 Å². The number of halogens is 1. The Morgan fingerprint density at radius 3 is 2.65 bits per heavy atom. The number of aliphatic carboxylic acids is 1. The predicted octanol–water partition coefficient (Wildman–Crippen LogP) is 3.06. The first kappa shape index (κ1) is 12.9. The molecule has 1 fully saturated rings. The number of thiophene rings is 1. The number of rotatable bonds is 4. The van der Waals surface area contributed by atoms with Crippen LogP contribution in [-0.2, 0) is 4.79 Å². The maximum absolute atomic E-state index is 11.3. The zero-order valence-electron chi connectivity index (χ0n) is 9.56. The molecule has 0 aromatic carbocycles. The van der Waals surface area contributed by atoms with E-state index in [-0.39, 0.29) is 0 Å². The summed E-state index contributed by atoms with van der Waals surface area (Å²) >= 11 is 7.23. The Balaban J connectivity index is 2.04. The van der Waals surface area contributed by atoms with Gasteiger partial charge in [-0.2, -0.15) is 0 Å². The van der Waals surface area contributed by atoms with Gasteiger partial charge >= 0.3 is 5.97 Å². The molecule has 0 spiro atoms. The number of likely N-dealkylation sites (tertiary alicyclic amines) is 1. The Bertz CT molecular complexity index is 388. The second-order valence-electron chi connectivity index (χ2n) is 4.39. The zero-order chi connectivity index (χ0) is 12.3. The number of hydrogen-bond acceptors (Lipinski definition) is 3. The van der Waals surface area contributed by atoms with Crippen LogP contribution >= 0.6 is 22.9 Å². The van der Waals surface area contributed by atoms with Crippen molar-refractivity contribution in [1.82, 2.24) is 4.90 Å². The van der Waals surface area contributed by atoms with Gasteiger partial charge in [0.15, 0.2) is 0 Å². The van der Waals surface area contributed by atoms with Crippen LogP contribution in [0.25, 0.3) is 0 Å². The van der Waals surface area contributed by atoms with Crippen molar-refractivity contribution >= 4 is 28.9 Å². The molecule has 3 nitrogen and oxygen atoms in total. The van der Waals surface area contributed by atoms with Crippen molar-refractivity contribution in [2.45, 2.75) is 25.2 Å². The number of piperidine rings is 1. The molecule has 1 aromatic heterocycles. The van der Waals surface area contributed by atoms with E-state index in [2.05, 4.69) is 4.90 Å². The molecule has 17 heavy (non-hydrogen) atoms. The molecule has 1 aliphatic heterocycles. The summed E-state index contributed by atoms with van der Waals surface area (Å²) in [6.45, 7) is 2.64. The van der Waals surface area contributed by atoms with Crippen LogP contribution in [0.5, 0.6) is 0 Å². The third kappa shape index (κ3) is 3.44. The molecule has 0 aliphatic carbocycles. The summed E-state index contributed by atoms with van der Waals surface area (Å²) in [6, 6.07) is 3.60. The van der Waals surface area contributed by atoms with E-state index >= 15 is 0 Å². The summed E-state index contributed by atoms with van der Waals surface area (Å²) in [5.74, 6) is -1.19. The van der Waals surface area contributed by atoms with Gasteiger partial charge in [-0.05, 0) is 38.1 Å². The summed E-state index contributed by atoms with van der Waals surface area (Å²) in [7, 11) is 0. The van der Waals surface area contributed by atoms with Gasteiger partial charge in [-0.25, -0.2) is 0 Å². The maximum atomic E-state index is 11.3. The van der Waals surface area contributed by atoms with Gasteiger partial charge in [0.1, 0.15) is 5.92 Å². The Hall–Kier alpha value is -0.580. The Kier molecular flexibility index (Phi) is 4.42. The zero-order valence-corrected chi connectivity index (χ0v) is 11.1. The lowest BCUT2D eigenvalue weighted by Crippen LogP contribution is -2.35. The minimum atomic E-state index is -0.755. The average molecular weight is 274 g/mol. The molecule has 2 heterocycles. The summed E-state index contributed by atoms with van der Waals surface area (Å²) < 4.78 is 0.657. The molecular weight excluding hydrogens is 258 g/mol. The Morgan fingerprint density at radius 2 is 2.12 bits per heavy atom. The van der Waals surface area contributed by atoms with Gasteiger partial charge in [-0.1, -0.05) is 18.0 Å². The first-order chi connectivity index (χ1) is 8.16. The van der Waals surface area contributed by atoms with Crippen molar-refractivity contribution in [3.63, 3.8) is 0 Å². The summed E-state index contributed by atoms with van der Waals surface area (Å²) in [4.78, 5) is 14.4. The highest BCUT2D eigenvalue weighted by Crippen LogP contribution is 2.29. The lowest BCUT2D eigenvalue weighted by atomic mass is 10.0. The minimum absolute atomic E-state index is 0.439. The van der Waals surface area contributed by atoms with E-state index in [9.17, 15) is 9.90 Å². The molecule has 0 bridgehead atoms. The van der Waals surface area contributed by atoms with Crippen molar-refractivity contribution in [3.05, 3.63) is 21.3 Å². The van der Waals surface area contributed by atoms with E-state index in [1.807, 2.05) is 6.07 Å². The Labute approximate surface area is 110 Å². The molecule has 1 saturated heterocycles. The highest BCUT2D eigenvalue weighted by atomic mass is 35.5. The van der Waals surface area contributed by atoms with Crippen molar-refractivity contribution in [3.8, 4) is 0 Å². The minimum Gasteiger partial charge on any atom is -0.481 e. The van der Waals surface area contributed by atoms with Gasteiger partial charge in [-0.15, -0.1) is 11.3 Å². The second kappa shape index (κ2) is 5.85. The van der Waals surface area contributed by atoms with Crippen LogP contribution in [0, 0.1) is 0 Å². The third-order valence-corrected chi connectivity index (χ3v) is 4.47. The van der Waals surface area contributed by atoms with Crippen molar-refractivity contribution in [2.75, 3.05) is 19.6 Å². The highest BCUT2D eigenvalue weighted by Gasteiger charge is 2.25. The molecule has 1 atom stereocenters. The normalized spacial score (nSPS) is 19.1. The third-order valence-electron chi connectivity index (χ3n) is 3.12. The molecular formula is C12H16ClNO2S. The SMILES string of the molecule is O=C(O)C(CN1CCCCC1)c1ccc(Cl)s1. The number of nitrogens with zero attached hydrogens (tertiary/aromatic N) is 1. The van der Waals surface area contributed by atoms with Gasteiger partial charge in [-0.3, -0.25) is 4.79 Å². The van der Waals surface area contributed by atoms with Crippen molar-refractivity contribution in [2.24, 2.45) is 0 Å². The average Bonchev–Trinajstić information content (AvgIpc) is 2.73. The van der Waals surface area contributed by atoms with Crippen LogP contribution < -0.4 is 0 Å². The van der Waals surface area contributed by atoms with Crippen LogP contribution in [0.3, 0.4) is 0 Å². The molecule has 0 saturated carbocycles. The molecule has 1 aromatic rings. The quantitative estimate of drug-likeness (QED) is 0.917. The van der Waals surface area contributed by atoms with Gasteiger partial charge in [0.2, 0.25) is 0 Å². The first-order valence-corrected chi connectivity index (χ1v) is 7.06. The predicted molar refractivity (Wildman–Crippen MR) is 70.0 cm³/mol. The molecule has 5 heteroatoms. The van der Waals surface area contributed by atoms with Gasteiger partial charge < -0.3 is 10.0 Å². The first-order valence-electron chi connectivity index (χ1n) is 5.87. The topological polar surface area (TPSA) is 40.5 Å². The van der Waals surface area contributed by atoms with Crippen molar-refractivity contribution < 1.29 is 9.90 Å². The summed E-state index contributed by atoms with van der Waals surface area (Å²) in [5.41, 5.74) is 0. The van der Waals surface area contributed by atoms with Crippen molar-refractivity contribution in [1.29, 1.82) is 0 Å². The molecule has 0 amide bonds. The van der Waals surface area contributed by atoms with Crippen LogP contribution in [0.15, 0.2) is 12.1 Å². The van der Waals surface area contributed by atoms with Gasteiger partial charge in [0.05, 0.1) is 4.34 Å². The maximum Gasteiger partial charge on any atom is 0.313 e. The number of carboxylic acid groups (broad SMARTS) is 1. The standard InChI is InChI=1S/C12H16ClNO2S/c13-11-5-4-10(17-11)9(12(15)16)8-14-6-2-1-3-7-14/h4-5,9H,1-3,6-8H2,(H,15,16). The van der Waals surface area contributed by atoms with Crippen LogP contribution in [0.1, 0.15) is 30.1 Å². The van der Waals surface area contributed by atoms with E-state index in [0.29, 0.717) is 10.9 Å². The van der Waals surface area contributed by atoms with Gasteiger partial charge in [0, 0.05) is 11.4 Å². The Morgan fingerprint density at radius 1 is 1.41 bits per heavy atom. The van der Waals surface area contributed by atoms with Gasteiger partial charge in [0.25, 0.3) is 0 Å². The van der Waals surface area contributed by atoms with Crippen LogP contribution in [0.2, 0.25) is 4.34 Å². The smallest absolute Gasteiger partial charge is 0.313 e. The lowest BCUT2D eigenvalue weighted by Gasteiger charge is -2.28. The van der Waals surface area contributed by atoms with Crippen LogP contribution in [0.4, 0.5) is 0 Å². The lowest BCUT2D eigenvalue weighted by molar-refractivity contribution is -0.139.